The molecule has 0 bridgehead atoms. The van der Waals surface area contributed by atoms with Crippen LogP contribution in [0.2, 0.25) is 0 Å². The van der Waals surface area contributed by atoms with E-state index in [1.807, 2.05) is 35.2 Å². The average molecular weight is 362 g/mol. The second kappa shape index (κ2) is 8.62. The molecule has 0 aromatic heterocycles. The van der Waals surface area contributed by atoms with Crippen molar-refractivity contribution in [1.82, 2.24) is 10.2 Å². The van der Waals surface area contributed by atoms with E-state index in [0.29, 0.717) is 22.9 Å². The fourth-order valence-electron chi connectivity index (χ4n) is 2.78. The number of carbonyl (C=O) groups excluding carboxylic acids is 2. The van der Waals surface area contributed by atoms with Gasteiger partial charge in [0.25, 0.3) is 0 Å². The highest BCUT2D eigenvalue weighted by Gasteiger charge is 2.36. The monoisotopic (exact) mass is 362 g/mol. The molecule has 0 spiro atoms. The van der Waals surface area contributed by atoms with Crippen LogP contribution in [0.25, 0.3) is 0 Å². The first kappa shape index (κ1) is 18.9. The Bertz CT molecular complexity index is 688. The summed E-state index contributed by atoms with van der Waals surface area (Å²) in [7, 11) is 1.35. The van der Waals surface area contributed by atoms with Crippen LogP contribution in [0, 0.1) is 0 Å². The highest BCUT2D eigenvalue weighted by molar-refractivity contribution is 7.80. The largest absolute Gasteiger partial charge is 0.469 e. The molecule has 1 aromatic carbocycles. The van der Waals surface area contributed by atoms with E-state index in [0.717, 1.165) is 5.56 Å². The lowest BCUT2D eigenvalue weighted by Crippen LogP contribution is -2.49. The maximum Gasteiger partial charge on any atom is 0.338 e. The predicted molar refractivity (Wildman–Crippen MR) is 97.6 cm³/mol. The smallest absolute Gasteiger partial charge is 0.338 e. The number of hydrogen-bond donors (Lipinski definition) is 1. The highest BCUT2D eigenvalue weighted by Crippen LogP contribution is 2.34. The average Bonchev–Trinajstić information content (AvgIpc) is 2.60. The molecule has 0 amide bonds. The number of carbonyl (C=O) groups is 2. The van der Waals surface area contributed by atoms with E-state index in [4.69, 9.17) is 21.7 Å². The van der Waals surface area contributed by atoms with Crippen molar-refractivity contribution in [2.45, 2.75) is 26.3 Å². The van der Waals surface area contributed by atoms with Crippen molar-refractivity contribution in [1.29, 1.82) is 0 Å². The fraction of sp³-hybridized carbons (Fsp3) is 0.389. The van der Waals surface area contributed by atoms with Gasteiger partial charge in [0.2, 0.25) is 0 Å². The molecular weight excluding hydrogens is 340 g/mol. The Morgan fingerprint density at radius 1 is 1.28 bits per heavy atom. The summed E-state index contributed by atoms with van der Waals surface area (Å²) in [6.07, 6.45) is 0.163. The minimum atomic E-state index is -0.418. The molecule has 6 nitrogen and oxygen atoms in total. The zero-order valence-electron chi connectivity index (χ0n) is 14.6. The summed E-state index contributed by atoms with van der Waals surface area (Å²) in [4.78, 5) is 25.9. The first-order valence-corrected chi connectivity index (χ1v) is 8.47. The number of nitrogens with zero attached hydrogens (tertiary/aromatic N) is 1. The molecule has 0 saturated carbocycles. The lowest BCUT2D eigenvalue weighted by atomic mass is 9.94. The van der Waals surface area contributed by atoms with Gasteiger partial charge in [0, 0.05) is 12.2 Å². The van der Waals surface area contributed by atoms with Crippen LogP contribution in [0.5, 0.6) is 0 Å². The van der Waals surface area contributed by atoms with Gasteiger partial charge >= 0.3 is 11.9 Å². The molecule has 1 N–H and O–H groups in total. The number of hydrogen-bond acceptors (Lipinski definition) is 5. The molecule has 1 aliphatic rings. The molecule has 0 radical (unpaired) electrons. The van der Waals surface area contributed by atoms with Gasteiger partial charge in [0.05, 0.1) is 31.8 Å². The van der Waals surface area contributed by atoms with Crippen LogP contribution in [-0.2, 0) is 19.1 Å². The van der Waals surface area contributed by atoms with Crippen molar-refractivity contribution in [3.05, 3.63) is 47.2 Å². The number of ether oxygens (including phenoxy) is 2. The number of rotatable bonds is 6. The second-order valence-electron chi connectivity index (χ2n) is 5.52. The van der Waals surface area contributed by atoms with Gasteiger partial charge in [-0.05, 0) is 31.6 Å². The molecule has 1 atom stereocenters. The maximum atomic E-state index is 12.6. The summed E-state index contributed by atoms with van der Waals surface area (Å²) in [6, 6.07) is 9.14. The van der Waals surface area contributed by atoms with Gasteiger partial charge in [-0.25, -0.2) is 4.79 Å². The first-order chi connectivity index (χ1) is 12.0. The topological polar surface area (TPSA) is 67.9 Å². The van der Waals surface area contributed by atoms with E-state index >= 15 is 0 Å². The van der Waals surface area contributed by atoms with Crippen LogP contribution in [0.3, 0.4) is 0 Å². The van der Waals surface area contributed by atoms with Crippen molar-refractivity contribution >= 4 is 29.3 Å². The standard InChI is InChI=1S/C18H22N2O4S/c1-4-24-17(22)15-12(2)19-18(25)20(11-10-14(21)23-3)16(15)13-8-6-5-7-9-13/h5-9,16H,4,10-11H2,1-3H3,(H,19,25). The Labute approximate surface area is 152 Å². The first-order valence-electron chi connectivity index (χ1n) is 8.06. The van der Waals surface area contributed by atoms with E-state index < -0.39 is 12.0 Å². The molecule has 0 aliphatic carbocycles. The predicted octanol–water partition coefficient (Wildman–Crippen LogP) is 2.32. The maximum absolute atomic E-state index is 12.6. The Hall–Kier alpha value is -2.41. The third-order valence-corrected chi connectivity index (χ3v) is 4.28. The van der Waals surface area contributed by atoms with Crippen LogP contribution >= 0.6 is 12.2 Å². The fourth-order valence-corrected chi connectivity index (χ4v) is 3.13. The lowest BCUT2D eigenvalue weighted by molar-refractivity contribution is -0.140. The molecule has 1 heterocycles. The van der Waals surface area contributed by atoms with Gasteiger partial charge in [0.1, 0.15) is 0 Å². The SMILES string of the molecule is CCOC(=O)C1=C(C)NC(=S)N(CCC(=O)OC)C1c1ccccc1. The molecule has 1 aromatic rings. The number of nitrogens with one attached hydrogen (secondary N) is 1. The quantitative estimate of drug-likeness (QED) is 0.615. The highest BCUT2D eigenvalue weighted by atomic mass is 32.1. The van der Waals surface area contributed by atoms with Gasteiger partial charge in [0.15, 0.2) is 5.11 Å². The number of esters is 2. The number of benzene rings is 1. The molecule has 7 heteroatoms. The number of allylic oxidation sites excluding steroid dienone is 1. The molecule has 1 unspecified atom stereocenters. The van der Waals surface area contributed by atoms with Crippen molar-refractivity contribution in [3.8, 4) is 0 Å². The van der Waals surface area contributed by atoms with E-state index in [1.165, 1.54) is 7.11 Å². The minimum absolute atomic E-state index is 0.163. The summed E-state index contributed by atoms with van der Waals surface area (Å²) >= 11 is 5.45. The summed E-state index contributed by atoms with van der Waals surface area (Å²) in [5, 5.41) is 3.51. The Morgan fingerprint density at radius 3 is 2.56 bits per heavy atom. The van der Waals surface area contributed by atoms with E-state index in [2.05, 4.69) is 5.32 Å². The molecule has 0 saturated heterocycles. The zero-order valence-corrected chi connectivity index (χ0v) is 15.4. The Morgan fingerprint density at radius 2 is 1.96 bits per heavy atom. The van der Waals surface area contributed by atoms with Gasteiger partial charge in [-0.1, -0.05) is 30.3 Å². The molecular formula is C18H22N2O4S. The van der Waals surface area contributed by atoms with Gasteiger partial charge in [-0.15, -0.1) is 0 Å². The molecule has 0 fully saturated rings. The van der Waals surface area contributed by atoms with Crippen LogP contribution in [0.4, 0.5) is 0 Å². The number of methoxy groups -OCH3 is 1. The molecule has 134 valence electrons. The van der Waals surface area contributed by atoms with Crippen molar-refractivity contribution < 1.29 is 19.1 Å². The third kappa shape index (κ3) is 4.36. The van der Waals surface area contributed by atoms with Crippen molar-refractivity contribution in [2.24, 2.45) is 0 Å². The van der Waals surface area contributed by atoms with Gasteiger partial charge in [-0.3, -0.25) is 4.79 Å². The lowest BCUT2D eigenvalue weighted by Gasteiger charge is -2.39. The van der Waals surface area contributed by atoms with Crippen molar-refractivity contribution in [3.63, 3.8) is 0 Å². The molecule has 2 rings (SSSR count). The van der Waals surface area contributed by atoms with Gasteiger partial charge < -0.3 is 19.7 Å². The van der Waals surface area contributed by atoms with Crippen LogP contribution < -0.4 is 5.32 Å². The summed E-state index contributed by atoms with van der Waals surface area (Å²) in [5.74, 6) is -0.731. The molecule has 1 aliphatic heterocycles. The summed E-state index contributed by atoms with van der Waals surface area (Å²) < 4.78 is 9.95. The minimum Gasteiger partial charge on any atom is -0.469 e. The molecule has 25 heavy (non-hydrogen) atoms. The van der Waals surface area contributed by atoms with Crippen LogP contribution in [-0.4, -0.2) is 42.2 Å². The van der Waals surface area contributed by atoms with E-state index in [-0.39, 0.29) is 19.0 Å². The van der Waals surface area contributed by atoms with E-state index in [1.54, 1.807) is 13.8 Å². The van der Waals surface area contributed by atoms with E-state index in [9.17, 15) is 9.59 Å². The normalized spacial score (nSPS) is 17.2. The van der Waals surface area contributed by atoms with Crippen molar-refractivity contribution in [2.75, 3.05) is 20.3 Å². The summed E-state index contributed by atoms with van der Waals surface area (Å²) in [6.45, 7) is 4.17. The Kier molecular flexibility index (Phi) is 6.52. The van der Waals surface area contributed by atoms with Crippen LogP contribution in [0.15, 0.2) is 41.6 Å². The summed E-state index contributed by atoms with van der Waals surface area (Å²) in [5.41, 5.74) is 2.05. The van der Waals surface area contributed by atoms with Crippen LogP contribution in [0.1, 0.15) is 31.9 Å². The zero-order chi connectivity index (χ0) is 18.4. The second-order valence-corrected chi connectivity index (χ2v) is 5.91. The number of thiocarbonyl (C=S) groups is 1. The Balaban J connectivity index is 2.45. The third-order valence-electron chi connectivity index (χ3n) is 3.94. The van der Waals surface area contributed by atoms with Gasteiger partial charge in [-0.2, -0.15) is 0 Å².